The molecular formula is C13H13NO6. The molecule has 0 aromatic heterocycles. The Morgan fingerprint density at radius 1 is 1.30 bits per heavy atom. The van der Waals surface area contributed by atoms with Crippen LogP contribution in [-0.2, 0) is 9.59 Å². The molecule has 7 heteroatoms. The van der Waals surface area contributed by atoms with Crippen LogP contribution in [0, 0.1) is 0 Å². The summed E-state index contributed by atoms with van der Waals surface area (Å²) in [5.74, 6) is -2.61. The summed E-state index contributed by atoms with van der Waals surface area (Å²) in [6, 6.07) is 3.99. The molecule has 1 aliphatic heterocycles. The number of carboxylic acid groups (broad SMARTS) is 2. The van der Waals surface area contributed by atoms with Crippen LogP contribution in [0.5, 0.6) is 5.75 Å². The topological polar surface area (TPSA) is 104 Å². The van der Waals surface area contributed by atoms with Crippen LogP contribution < -0.4 is 9.64 Å². The fraction of sp³-hybridized carbons (Fsp3) is 0.308. The van der Waals surface area contributed by atoms with Crippen molar-refractivity contribution >= 4 is 23.5 Å². The molecule has 0 fully saturated rings. The van der Waals surface area contributed by atoms with E-state index in [2.05, 4.69) is 0 Å². The quantitative estimate of drug-likeness (QED) is 0.854. The first-order valence-corrected chi connectivity index (χ1v) is 5.82. The molecule has 20 heavy (non-hydrogen) atoms. The summed E-state index contributed by atoms with van der Waals surface area (Å²) in [7, 11) is 0. The number of benzene rings is 1. The third-order valence-electron chi connectivity index (χ3n) is 2.92. The van der Waals surface area contributed by atoms with Crippen LogP contribution >= 0.6 is 0 Å². The molecule has 1 aromatic rings. The molecule has 0 atom stereocenters. The van der Waals surface area contributed by atoms with E-state index >= 15 is 0 Å². The summed E-state index contributed by atoms with van der Waals surface area (Å²) in [5, 5.41) is 17.9. The van der Waals surface area contributed by atoms with Gasteiger partial charge in [0, 0.05) is 0 Å². The summed E-state index contributed by atoms with van der Waals surface area (Å²) in [6.07, 6.45) is 0. The monoisotopic (exact) mass is 279 g/mol. The van der Waals surface area contributed by atoms with E-state index in [0.29, 0.717) is 0 Å². The van der Waals surface area contributed by atoms with Gasteiger partial charge in [0.2, 0.25) is 0 Å². The molecule has 1 amide bonds. The van der Waals surface area contributed by atoms with Crippen LogP contribution in [0.3, 0.4) is 0 Å². The number of anilines is 1. The van der Waals surface area contributed by atoms with Crippen molar-refractivity contribution in [2.45, 2.75) is 19.4 Å². The van der Waals surface area contributed by atoms with Crippen molar-refractivity contribution in [2.75, 3.05) is 11.4 Å². The Morgan fingerprint density at radius 2 is 1.95 bits per heavy atom. The van der Waals surface area contributed by atoms with Crippen molar-refractivity contribution in [3.8, 4) is 5.75 Å². The van der Waals surface area contributed by atoms with E-state index in [1.165, 1.54) is 32.0 Å². The van der Waals surface area contributed by atoms with Crippen LogP contribution in [0.15, 0.2) is 18.2 Å². The van der Waals surface area contributed by atoms with Gasteiger partial charge in [-0.25, -0.2) is 4.79 Å². The smallest absolute Gasteiger partial charge is 0.335 e. The highest BCUT2D eigenvalue weighted by Gasteiger charge is 2.41. The second-order valence-electron chi connectivity index (χ2n) is 4.89. The normalized spacial score (nSPS) is 16.3. The van der Waals surface area contributed by atoms with Crippen molar-refractivity contribution in [1.82, 2.24) is 0 Å². The predicted octanol–water partition coefficient (Wildman–Crippen LogP) is 0.973. The highest BCUT2D eigenvalue weighted by molar-refractivity contribution is 6.05. The van der Waals surface area contributed by atoms with E-state index in [9.17, 15) is 14.4 Å². The van der Waals surface area contributed by atoms with E-state index in [0.717, 1.165) is 4.90 Å². The molecule has 0 unspecified atom stereocenters. The SMILES string of the molecule is CC1(C)Oc2ccc(C(=O)O)cc2N(CC(=O)O)C1=O. The van der Waals surface area contributed by atoms with Gasteiger partial charge in [0.25, 0.3) is 5.91 Å². The summed E-state index contributed by atoms with van der Waals surface area (Å²) < 4.78 is 5.50. The number of nitrogens with zero attached hydrogens (tertiary/aromatic N) is 1. The van der Waals surface area contributed by atoms with Gasteiger partial charge in [-0.05, 0) is 32.0 Å². The largest absolute Gasteiger partial charge is 0.480 e. The van der Waals surface area contributed by atoms with Crippen molar-refractivity contribution in [3.05, 3.63) is 23.8 Å². The first-order chi connectivity index (χ1) is 9.22. The lowest BCUT2D eigenvalue weighted by atomic mass is 10.0. The van der Waals surface area contributed by atoms with Crippen LogP contribution in [-0.4, -0.2) is 40.2 Å². The van der Waals surface area contributed by atoms with Gasteiger partial charge in [-0.2, -0.15) is 0 Å². The second-order valence-corrected chi connectivity index (χ2v) is 4.89. The minimum atomic E-state index is -1.20. The number of amides is 1. The van der Waals surface area contributed by atoms with Crippen molar-refractivity contribution in [3.63, 3.8) is 0 Å². The first-order valence-electron chi connectivity index (χ1n) is 5.82. The highest BCUT2D eigenvalue weighted by atomic mass is 16.5. The maximum atomic E-state index is 12.2. The zero-order chi connectivity index (χ0) is 15.1. The van der Waals surface area contributed by atoms with Gasteiger partial charge in [0.15, 0.2) is 5.60 Å². The Labute approximate surface area is 114 Å². The molecule has 106 valence electrons. The number of ether oxygens (including phenoxy) is 1. The first kappa shape index (κ1) is 13.9. The molecule has 0 saturated heterocycles. The highest BCUT2D eigenvalue weighted by Crippen LogP contribution is 2.38. The predicted molar refractivity (Wildman–Crippen MR) is 68.1 cm³/mol. The average Bonchev–Trinajstić information content (AvgIpc) is 2.33. The summed E-state index contributed by atoms with van der Waals surface area (Å²) in [4.78, 5) is 35.1. The maximum Gasteiger partial charge on any atom is 0.335 e. The standard InChI is InChI=1S/C13H13NO6/c1-13(2)12(19)14(6-10(15)16)8-5-7(11(17)18)3-4-9(8)20-13/h3-5H,6H2,1-2H3,(H,15,16)(H,17,18). The Morgan fingerprint density at radius 3 is 2.50 bits per heavy atom. The zero-order valence-electron chi connectivity index (χ0n) is 10.9. The van der Waals surface area contributed by atoms with Crippen LogP contribution in [0.25, 0.3) is 0 Å². The van der Waals surface area contributed by atoms with E-state index in [-0.39, 0.29) is 17.0 Å². The summed E-state index contributed by atoms with van der Waals surface area (Å²) in [5.41, 5.74) is -1.10. The van der Waals surface area contributed by atoms with Gasteiger partial charge in [-0.1, -0.05) is 0 Å². The molecule has 2 N–H and O–H groups in total. The van der Waals surface area contributed by atoms with Gasteiger partial charge in [-0.3, -0.25) is 14.5 Å². The molecular weight excluding hydrogens is 266 g/mol. The molecule has 1 heterocycles. The van der Waals surface area contributed by atoms with Gasteiger partial charge in [0.1, 0.15) is 12.3 Å². The van der Waals surface area contributed by atoms with Crippen LogP contribution in [0.4, 0.5) is 5.69 Å². The Balaban J connectivity index is 2.56. The van der Waals surface area contributed by atoms with E-state index in [1.54, 1.807) is 0 Å². The summed E-state index contributed by atoms with van der Waals surface area (Å²) in [6.45, 7) is 2.50. The minimum Gasteiger partial charge on any atom is -0.480 e. The fourth-order valence-corrected chi connectivity index (χ4v) is 1.99. The molecule has 1 aromatic carbocycles. The number of hydrogen-bond acceptors (Lipinski definition) is 4. The average molecular weight is 279 g/mol. The molecule has 0 spiro atoms. The molecule has 0 saturated carbocycles. The number of rotatable bonds is 3. The van der Waals surface area contributed by atoms with Gasteiger partial charge in [-0.15, -0.1) is 0 Å². The summed E-state index contributed by atoms with van der Waals surface area (Å²) >= 11 is 0. The van der Waals surface area contributed by atoms with Crippen molar-refractivity contribution in [1.29, 1.82) is 0 Å². The van der Waals surface area contributed by atoms with Crippen molar-refractivity contribution in [2.24, 2.45) is 0 Å². The molecule has 0 bridgehead atoms. The number of hydrogen-bond donors (Lipinski definition) is 2. The molecule has 1 aliphatic rings. The maximum absolute atomic E-state index is 12.2. The molecule has 7 nitrogen and oxygen atoms in total. The second kappa shape index (κ2) is 4.52. The number of carboxylic acids is 2. The molecule has 0 aliphatic carbocycles. The Bertz CT molecular complexity index is 607. The molecule has 0 radical (unpaired) electrons. The van der Waals surface area contributed by atoms with Gasteiger partial charge >= 0.3 is 11.9 Å². The number of aliphatic carboxylic acids is 1. The third-order valence-corrected chi connectivity index (χ3v) is 2.92. The number of fused-ring (bicyclic) bond motifs is 1. The lowest BCUT2D eigenvalue weighted by molar-refractivity contribution is -0.139. The Hall–Kier alpha value is -2.57. The number of carbonyl (C=O) groups is 3. The van der Waals surface area contributed by atoms with Gasteiger partial charge < -0.3 is 14.9 Å². The van der Waals surface area contributed by atoms with Gasteiger partial charge in [0.05, 0.1) is 11.3 Å². The lowest BCUT2D eigenvalue weighted by Gasteiger charge is -2.38. The number of carbonyl (C=O) groups excluding carboxylic acids is 1. The minimum absolute atomic E-state index is 0.0461. The van der Waals surface area contributed by atoms with Crippen molar-refractivity contribution < 1.29 is 29.3 Å². The molecule has 2 rings (SSSR count). The van der Waals surface area contributed by atoms with Crippen LogP contribution in [0.1, 0.15) is 24.2 Å². The van der Waals surface area contributed by atoms with E-state index in [4.69, 9.17) is 14.9 Å². The fourth-order valence-electron chi connectivity index (χ4n) is 1.99. The number of aromatic carboxylic acids is 1. The zero-order valence-corrected chi connectivity index (χ0v) is 10.9. The van der Waals surface area contributed by atoms with E-state index in [1.807, 2.05) is 0 Å². The Kier molecular flexibility index (Phi) is 3.13. The van der Waals surface area contributed by atoms with E-state index < -0.39 is 30.0 Å². The third kappa shape index (κ3) is 2.29. The lowest BCUT2D eigenvalue weighted by Crippen LogP contribution is -2.53. The van der Waals surface area contributed by atoms with Crippen LogP contribution in [0.2, 0.25) is 0 Å².